The van der Waals surface area contributed by atoms with E-state index >= 15 is 0 Å². The largest absolute Gasteiger partial charge is 0.385 e. The van der Waals surface area contributed by atoms with Crippen LogP contribution in [0.5, 0.6) is 0 Å². The van der Waals surface area contributed by atoms with Crippen LogP contribution in [0.2, 0.25) is 0 Å². The quantitative estimate of drug-likeness (QED) is 0.593. The van der Waals surface area contributed by atoms with E-state index in [9.17, 15) is 5.11 Å². The molecule has 13 heavy (non-hydrogen) atoms. The van der Waals surface area contributed by atoms with E-state index in [0.717, 1.165) is 0 Å². The number of nitriles is 1. The summed E-state index contributed by atoms with van der Waals surface area (Å²) in [5, 5.41) is 26.8. The van der Waals surface area contributed by atoms with Crippen molar-refractivity contribution in [3.8, 4) is 6.07 Å². The third-order valence-electron chi connectivity index (χ3n) is 1.52. The highest BCUT2D eigenvalue weighted by Gasteiger charge is 2.17. The van der Waals surface area contributed by atoms with E-state index < -0.39 is 12.2 Å². The first-order valence-electron chi connectivity index (χ1n) is 3.52. The molecule has 0 fully saturated rings. The van der Waals surface area contributed by atoms with E-state index in [-0.39, 0.29) is 0 Å². The number of aliphatic hydroxyl groups excluding tert-OH is 2. The summed E-state index contributed by atoms with van der Waals surface area (Å²) in [6.45, 7) is 0. The Bertz CT molecular complexity index is 337. The summed E-state index contributed by atoms with van der Waals surface area (Å²) in [6.07, 6.45) is -1.12. The summed E-state index contributed by atoms with van der Waals surface area (Å²) in [5.74, 6) is 0. The van der Waals surface area contributed by atoms with Gasteiger partial charge in [-0.3, -0.25) is 0 Å². The van der Waals surface area contributed by atoms with E-state index in [0.29, 0.717) is 10.2 Å². The van der Waals surface area contributed by atoms with E-state index in [2.05, 4.69) is 20.9 Å². The second kappa shape index (κ2) is 4.33. The Balaban J connectivity index is 2.90. The number of hydrogen-bond donors (Lipinski definition) is 2. The van der Waals surface area contributed by atoms with Crippen molar-refractivity contribution in [2.24, 2.45) is 0 Å². The van der Waals surface area contributed by atoms with Crippen LogP contribution < -0.4 is 0 Å². The van der Waals surface area contributed by atoms with Crippen LogP contribution in [0.15, 0.2) is 22.9 Å². The van der Waals surface area contributed by atoms with Gasteiger partial charge in [0.1, 0.15) is 10.7 Å². The van der Waals surface area contributed by atoms with Gasteiger partial charge in [-0.05, 0) is 33.6 Å². The minimum Gasteiger partial charge on any atom is -0.385 e. The van der Waals surface area contributed by atoms with Crippen molar-refractivity contribution in [3.05, 3.63) is 28.5 Å². The van der Waals surface area contributed by atoms with Crippen LogP contribution in [0.3, 0.4) is 0 Å². The monoisotopic (exact) mass is 242 g/mol. The topological polar surface area (TPSA) is 77.1 Å². The first-order chi connectivity index (χ1) is 6.15. The van der Waals surface area contributed by atoms with Crippen molar-refractivity contribution in [1.82, 2.24) is 4.98 Å². The molecule has 0 bridgehead atoms. The smallest absolute Gasteiger partial charge is 0.170 e. The number of aromatic nitrogens is 1. The summed E-state index contributed by atoms with van der Waals surface area (Å²) in [6, 6.07) is 4.64. The Labute approximate surface area is 83.6 Å². The summed E-state index contributed by atoms with van der Waals surface area (Å²) in [5.41, 5.74) is 0.455. The van der Waals surface area contributed by atoms with Gasteiger partial charge in [0.2, 0.25) is 0 Å². The van der Waals surface area contributed by atoms with Crippen molar-refractivity contribution in [2.45, 2.75) is 12.2 Å². The van der Waals surface area contributed by atoms with Crippen molar-refractivity contribution < 1.29 is 10.2 Å². The lowest BCUT2D eigenvalue weighted by Crippen LogP contribution is -2.15. The van der Waals surface area contributed by atoms with Crippen LogP contribution >= 0.6 is 15.9 Å². The molecule has 0 amide bonds. The molecule has 2 atom stereocenters. The number of halogens is 1. The number of aliphatic hydroxyl groups is 2. The van der Waals surface area contributed by atoms with Crippen LogP contribution in [-0.2, 0) is 0 Å². The molecule has 0 aliphatic carbocycles. The predicted octanol–water partition coefficient (Wildman–Crippen LogP) is 0.762. The molecule has 2 N–H and O–H groups in total. The molecule has 0 radical (unpaired) electrons. The van der Waals surface area contributed by atoms with E-state index in [4.69, 9.17) is 10.4 Å². The lowest BCUT2D eigenvalue weighted by atomic mass is 10.1. The van der Waals surface area contributed by atoms with Crippen molar-refractivity contribution in [2.75, 3.05) is 0 Å². The van der Waals surface area contributed by atoms with Crippen molar-refractivity contribution in [3.63, 3.8) is 0 Å². The maximum Gasteiger partial charge on any atom is 0.170 e. The molecule has 0 spiro atoms. The van der Waals surface area contributed by atoms with Gasteiger partial charge in [-0.1, -0.05) is 0 Å². The Morgan fingerprint density at radius 1 is 1.54 bits per heavy atom. The van der Waals surface area contributed by atoms with Crippen molar-refractivity contribution in [1.29, 1.82) is 5.26 Å². The maximum absolute atomic E-state index is 9.39. The van der Waals surface area contributed by atoms with Gasteiger partial charge in [0.15, 0.2) is 6.10 Å². The average molecular weight is 243 g/mol. The lowest BCUT2D eigenvalue weighted by molar-refractivity contribution is 0.0527. The molecule has 2 unspecified atom stereocenters. The Hall–Kier alpha value is -0.960. The summed E-state index contributed by atoms with van der Waals surface area (Å²) in [7, 11) is 0. The Morgan fingerprint density at radius 3 is 2.77 bits per heavy atom. The second-order valence-electron chi connectivity index (χ2n) is 2.43. The van der Waals surface area contributed by atoms with Gasteiger partial charge < -0.3 is 10.2 Å². The molecule has 1 rings (SSSR count). The number of rotatable bonds is 2. The van der Waals surface area contributed by atoms with E-state index in [1.807, 2.05) is 0 Å². The molecule has 0 saturated carbocycles. The number of nitrogens with zero attached hydrogens (tertiary/aromatic N) is 2. The molecule has 68 valence electrons. The molecule has 1 aromatic rings. The number of hydrogen-bond acceptors (Lipinski definition) is 4. The molecular weight excluding hydrogens is 236 g/mol. The average Bonchev–Trinajstić information content (AvgIpc) is 2.15. The summed E-state index contributed by atoms with van der Waals surface area (Å²) < 4.78 is 0.550. The molecule has 0 saturated heterocycles. The zero-order valence-electron chi connectivity index (χ0n) is 6.55. The van der Waals surface area contributed by atoms with Gasteiger partial charge in [-0.15, -0.1) is 0 Å². The highest BCUT2D eigenvalue weighted by atomic mass is 79.9. The van der Waals surface area contributed by atoms with Gasteiger partial charge >= 0.3 is 0 Å². The Morgan fingerprint density at radius 2 is 2.23 bits per heavy atom. The fourth-order valence-electron chi connectivity index (χ4n) is 0.854. The van der Waals surface area contributed by atoms with Crippen LogP contribution in [0.1, 0.15) is 11.7 Å². The third-order valence-corrected chi connectivity index (χ3v) is 1.96. The van der Waals surface area contributed by atoms with Gasteiger partial charge in [0.25, 0.3) is 0 Å². The van der Waals surface area contributed by atoms with Crippen LogP contribution in [0.25, 0.3) is 0 Å². The van der Waals surface area contributed by atoms with Gasteiger partial charge in [-0.2, -0.15) is 5.26 Å². The molecule has 5 heteroatoms. The molecule has 0 aliphatic heterocycles. The van der Waals surface area contributed by atoms with E-state index in [1.54, 1.807) is 12.1 Å². The molecule has 1 heterocycles. The normalized spacial score (nSPS) is 14.6. The van der Waals surface area contributed by atoms with Gasteiger partial charge in [0.05, 0.1) is 6.07 Å². The van der Waals surface area contributed by atoms with Crippen LogP contribution in [0, 0.1) is 11.3 Å². The van der Waals surface area contributed by atoms with Gasteiger partial charge in [0, 0.05) is 6.20 Å². The molecule has 0 aliphatic rings. The van der Waals surface area contributed by atoms with Crippen molar-refractivity contribution >= 4 is 15.9 Å². The minimum atomic E-state index is -1.41. The van der Waals surface area contributed by atoms with Gasteiger partial charge in [-0.25, -0.2) is 4.98 Å². The summed E-state index contributed by atoms with van der Waals surface area (Å²) in [4.78, 5) is 3.85. The zero-order valence-corrected chi connectivity index (χ0v) is 8.14. The predicted molar refractivity (Wildman–Crippen MR) is 48.5 cm³/mol. The second-order valence-corrected chi connectivity index (χ2v) is 3.24. The number of pyridine rings is 1. The SMILES string of the molecule is N#CC(O)C(O)c1ccnc(Br)c1. The fourth-order valence-corrected chi connectivity index (χ4v) is 1.24. The molecule has 1 aromatic heterocycles. The van der Waals surface area contributed by atoms with E-state index in [1.165, 1.54) is 12.3 Å². The zero-order chi connectivity index (χ0) is 9.84. The first kappa shape index (κ1) is 10.1. The third kappa shape index (κ3) is 2.49. The molecule has 4 nitrogen and oxygen atoms in total. The minimum absolute atomic E-state index is 0.455. The first-order valence-corrected chi connectivity index (χ1v) is 4.31. The Kier molecular flexibility index (Phi) is 3.37. The maximum atomic E-state index is 9.39. The van der Waals surface area contributed by atoms with Crippen LogP contribution in [0.4, 0.5) is 0 Å². The highest BCUT2D eigenvalue weighted by molar-refractivity contribution is 9.10. The molecule has 0 aromatic carbocycles. The van der Waals surface area contributed by atoms with Crippen LogP contribution in [-0.4, -0.2) is 21.3 Å². The lowest BCUT2D eigenvalue weighted by Gasteiger charge is -2.11. The highest BCUT2D eigenvalue weighted by Crippen LogP contribution is 2.18. The summed E-state index contributed by atoms with van der Waals surface area (Å²) >= 11 is 3.11. The molecular formula is C8H7BrN2O2. The standard InChI is InChI=1S/C8H7BrN2O2/c9-7-3-5(1-2-11-7)8(13)6(12)4-10/h1-3,6,8,12-13H. The fraction of sp³-hybridized carbons (Fsp3) is 0.250.